The van der Waals surface area contributed by atoms with Gasteiger partial charge in [-0.05, 0) is 36.4 Å². The molecule has 0 spiro atoms. The molecular formula is C10H6ClO3-. The van der Waals surface area contributed by atoms with Crippen LogP contribution in [0, 0.1) is 0 Å². The molecule has 72 valence electrons. The van der Waals surface area contributed by atoms with Gasteiger partial charge >= 0.3 is 0 Å². The Balaban J connectivity index is 2.80. The molecule has 0 unspecified atom stereocenters. The van der Waals surface area contributed by atoms with Gasteiger partial charge in [-0.2, -0.15) is 0 Å². The van der Waals surface area contributed by atoms with Gasteiger partial charge in [0.1, 0.15) is 0 Å². The van der Waals surface area contributed by atoms with E-state index in [1.165, 1.54) is 12.1 Å². The fraction of sp³-hybridized carbons (Fsp3) is 0. The minimum Gasteiger partial charge on any atom is -0.545 e. The van der Waals surface area contributed by atoms with Crippen molar-refractivity contribution in [2.45, 2.75) is 0 Å². The second-order valence-corrected chi connectivity index (χ2v) is 2.96. The molecule has 0 aliphatic rings. The Bertz CT molecular complexity index is 379. The predicted molar refractivity (Wildman–Crippen MR) is 49.9 cm³/mol. The van der Waals surface area contributed by atoms with E-state index in [0.717, 1.165) is 6.08 Å². The van der Waals surface area contributed by atoms with Crippen molar-refractivity contribution in [1.29, 1.82) is 0 Å². The van der Waals surface area contributed by atoms with Gasteiger partial charge in [0, 0.05) is 10.6 Å². The maximum absolute atomic E-state index is 11.2. The van der Waals surface area contributed by atoms with Gasteiger partial charge in [0.2, 0.25) is 0 Å². The summed E-state index contributed by atoms with van der Waals surface area (Å²) in [6, 6.07) is 6.15. The standard InChI is InChI=1S/C10H7ClO3/c11-8-3-1-7(2-4-8)9(12)5-6-10(13)14/h1-6H,(H,13,14)/p-1/b6-5+. The van der Waals surface area contributed by atoms with Crippen molar-refractivity contribution in [1.82, 2.24) is 0 Å². The van der Waals surface area contributed by atoms with E-state index in [-0.39, 0.29) is 0 Å². The van der Waals surface area contributed by atoms with Crippen molar-refractivity contribution in [2.75, 3.05) is 0 Å². The molecule has 1 rings (SSSR count). The third-order valence-electron chi connectivity index (χ3n) is 1.50. The maximum atomic E-state index is 11.2. The molecule has 0 saturated heterocycles. The quantitative estimate of drug-likeness (QED) is 0.547. The van der Waals surface area contributed by atoms with Crippen LogP contribution >= 0.6 is 11.6 Å². The number of aliphatic carboxylic acids is 1. The van der Waals surface area contributed by atoms with Crippen LogP contribution in [-0.4, -0.2) is 11.8 Å². The zero-order chi connectivity index (χ0) is 10.6. The lowest BCUT2D eigenvalue weighted by molar-refractivity contribution is -0.297. The van der Waals surface area contributed by atoms with E-state index in [1.54, 1.807) is 12.1 Å². The van der Waals surface area contributed by atoms with E-state index in [4.69, 9.17) is 11.6 Å². The first kappa shape index (κ1) is 10.5. The Morgan fingerprint density at radius 2 is 1.71 bits per heavy atom. The smallest absolute Gasteiger partial charge is 0.185 e. The summed E-state index contributed by atoms with van der Waals surface area (Å²) in [5.41, 5.74) is 0.381. The number of allylic oxidation sites excluding steroid dienone is 1. The van der Waals surface area contributed by atoms with Crippen LogP contribution in [0.5, 0.6) is 0 Å². The number of halogens is 1. The lowest BCUT2D eigenvalue weighted by Crippen LogP contribution is -2.19. The highest BCUT2D eigenvalue weighted by Crippen LogP contribution is 2.10. The lowest BCUT2D eigenvalue weighted by atomic mass is 10.1. The highest BCUT2D eigenvalue weighted by Gasteiger charge is 1.99. The van der Waals surface area contributed by atoms with Gasteiger partial charge in [0.25, 0.3) is 0 Å². The number of carbonyl (C=O) groups is 2. The molecule has 0 aliphatic carbocycles. The van der Waals surface area contributed by atoms with Gasteiger partial charge in [0.05, 0.1) is 5.97 Å². The summed E-state index contributed by atoms with van der Waals surface area (Å²) in [7, 11) is 0. The molecule has 0 atom stereocenters. The van der Waals surface area contributed by atoms with E-state index < -0.39 is 11.8 Å². The highest BCUT2D eigenvalue weighted by atomic mass is 35.5. The Labute approximate surface area is 85.6 Å². The number of benzene rings is 1. The van der Waals surface area contributed by atoms with Gasteiger partial charge in [0.15, 0.2) is 5.78 Å². The van der Waals surface area contributed by atoms with Crippen LogP contribution in [0.25, 0.3) is 0 Å². The van der Waals surface area contributed by atoms with Crippen molar-refractivity contribution in [2.24, 2.45) is 0 Å². The zero-order valence-electron chi connectivity index (χ0n) is 7.07. The molecule has 1 aromatic carbocycles. The summed E-state index contributed by atoms with van der Waals surface area (Å²) in [6.45, 7) is 0. The summed E-state index contributed by atoms with van der Waals surface area (Å²) in [4.78, 5) is 21.3. The highest BCUT2D eigenvalue weighted by molar-refractivity contribution is 6.30. The number of hydrogen-bond acceptors (Lipinski definition) is 3. The van der Waals surface area contributed by atoms with E-state index >= 15 is 0 Å². The average Bonchev–Trinajstić information content (AvgIpc) is 2.15. The van der Waals surface area contributed by atoms with E-state index in [1.807, 2.05) is 0 Å². The zero-order valence-corrected chi connectivity index (χ0v) is 7.82. The normalized spacial score (nSPS) is 10.4. The first-order valence-corrected chi connectivity index (χ1v) is 4.16. The van der Waals surface area contributed by atoms with Crippen molar-refractivity contribution >= 4 is 23.4 Å². The molecule has 0 heterocycles. The summed E-state index contributed by atoms with van der Waals surface area (Å²) < 4.78 is 0. The van der Waals surface area contributed by atoms with Crippen LogP contribution in [-0.2, 0) is 4.79 Å². The van der Waals surface area contributed by atoms with Gasteiger partial charge < -0.3 is 9.90 Å². The third kappa shape index (κ3) is 3.03. The third-order valence-corrected chi connectivity index (χ3v) is 1.75. The van der Waals surface area contributed by atoms with Gasteiger partial charge in [-0.1, -0.05) is 11.6 Å². The topological polar surface area (TPSA) is 57.2 Å². The van der Waals surface area contributed by atoms with Crippen LogP contribution in [0.15, 0.2) is 36.4 Å². The molecule has 0 aromatic heterocycles. The van der Waals surface area contributed by atoms with Crippen LogP contribution in [0.4, 0.5) is 0 Å². The van der Waals surface area contributed by atoms with Gasteiger partial charge in [-0.25, -0.2) is 0 Å². The van der Waals surface area contributed by atoms with Crippen molar-refractivity contribution < 1.29 is 14.7 Å². The second-order valence-electron chi connectivity index (χ2n) is 2.52. The Morgan fingerprint density at radius 1 is 1.14 bits per heavy atom. The van der Waals surface area contributed by atoms with Crippen LogP contribution in [0.2, 0.25) is 5.02 Å². The monoisotopic (exact) mass is 209 g/mol. The average molecular weight is 210 g/mol. The summed E-state index contributed by atoms with van der Waals surface area (Å²) in [5, 5.41) is 10.5. The van der Waals surface area contributed by atoms with E-state index in [0.29, 0.717) is 16.7 Å². The molecular weight excluding hydrogens is 204 g/mol. The molecule has 0 fully saturated rings. The molecule has 0 bridgehead atoms. The van der Waals surface area contributed by atoms with Crippen molar-refractivity contribution in [3.8, 4) is 0 Å². The number of carbonyl (C=O) groups excluding carboxylic acids is 2. The van der Waals surface area contributed by atoms with Crippen LogP contribution in [0.1, 0.15) is 10.4 Å². The first-order chi connectivity index (χ1) is 6.59. The van der Waals surface area contributed by atoms with Crippen molar-refractivity contribution in [3.63, 3.8) is 0 Å². The number of rotatable bonds is 3. The number of hydrogen-bond donors (Lipinski definition) is 0. The molecule has 0 aliphatic heterocycles. The lowest BCUT2D eigenvalue weighted by Gasteiger charge is -1.95. The SMILES string of the molecule is O=C([O-])/C=C/C(=O)c1ccc(Cl)cc1. The number of carboxylic acid groups (broad SMARTS) is 1. The van der Waals surface area contributed by atoms with Crippen molar-refractivity contribution in [3.05, 3.63) is 47.0 Å². The van der Waals surface area contributed by atoms with Crippen LogP contribution < -0.4 is 5.11 Å². The maximum Gasteiger partial charge on any atom is 0.185 e. The molecule has 0 N–H and O–H groups in total. The molecule has 4 heteroatoms. The van der Waals surface area contributed by atoms with Crippen LogP contribution in [0.3, 0.4) is 0 Å². The fourth-order valence-corrected chi connectivity index (χ4v) is 0.980. The minimum atomic E-state index is -1.40. The molecule has 0 radical (unpaired) electrons. The predicted octanol–water partition coefficient (Wildman–Crippen LogP) is 0.829. The van der Waals surface area contributed by atoms with E-state index in [2.05, 4.69) is 0 Å². The van der Waals surface area contributed by atoms with Gasteiger partial charge in [-0.3, -0.25) is 4.79 Å². The summed E-state index contributed by atoms with van der Waals surface area (Å²) >= 11 is 5.61. The first-order valence-electron chi connectivity index (χ1n) is 3.78. The van der Waals surface area contributed by atoms with Gasteiger partial charge in [-0.15, -0.1) is 0 Å². The second kappa shape index (κ2) is 4.58. The molecule has 3 nitrogen and oxygen atoms in total. The molecule has 0 amide bonds. The molecule has 1 aromatic rings. The Hall–Kier alpha value is -1.61. The molecule has 14 heavy (non-hydrogen) atoms. The Morgan fingerprint density at radius 3 is 2.21 bits per heavy atom. The summed E-state index contributed by atoms with van der Waals surface area (Å²) in [6.07, 6.45) is 1.63. The van der Waals surface area contributed by atoms with E-state index in [9.17, 15) is 14.7 Å². The number of carboxylic acids is 1. The Kier molecular flexibility index (Phi) is 3.42. The number of ketones is 1. The largest absolute Gasteiger partial charge is 0.545 e. The minimum absolute atomic E-state index is 0.381. The summed E-state index contributed by atoms with van der Waals surface area (Å²) in [5.74, 6) is -1.79. The fourth-order valence-electron chi connectivity index (χ4n) is 0.854. The molecule has 0 saturated carbocycles.